The molecule has 0 atom stereocenters. The smallest absolute Gasteiger partial charge is 0.244 e. The summed E-state index contributed by atoms with van der Waals surface area (Å²) >= 11 is 6.24. The maximum absolute atomic E-state index is 13.1. The van der Waals surface area contributed by atoms with Crippen molar-refractivity contribution in [2.24, 2.45) is 0 Å². The summed E-state index contributed by atoms with van der Waals surface area (Å²) < 4.78 is 38.3. The zero-order valence-corrected chi connectivity index (χ0v) is 20.0. The van der Waals surface area contributed by atoms with E-state index in [0.29, 0.717) is 34.4 Å². The Hall–Kier alpha value is -2.81. The lowest BCUT2D eigenvalue weighted by molar-refractivity contribution is 0.371. The first kappa shape index (κ1) is 23.8. The van der Waals surface area contributed by atoms with Crippen LogP contribution in [0, 0.1) is 0 Å². The van der Waals surface area contributed by atoms with Crippen LogP contribution in [0.4, 0.5) is 5.82 Å². The third kappa shape index (κ3) is 5.15. The fourth-order valence-corrected chi connectivity index (χ4v) is 4.57. The fourth-order valence-electron chi connectivity index (χ4n) is 3.29. The molecule has 9 heteroatoms. The molecule has 1 heterocycles. The highest BCUT2D eigenvalue weighted by Crippen LogP contribution is 2.31. The molecule has 0 bridgehead atoms. The SMILES string of the molecule is COc1cccc(OC)c1CN(C)S(=O)(=O)c1ccc(N(C)Cc2ccccc2Cl)nc1. The van der Waals surface area contributed by atoms with Crippen molar-refractivity contribution in [3.05, 3.63) is 76.9 Å². The molecule has 0 aliphatic rings. The molecule has 0 saturated carbocycles. The Morgan fingerprint density at radius 1 is 0.906 bits per heavy atom. The first-order chi connectivity index (χ1) is 15.3. The number of hydrogen-bond donors (Lipinski definition) is 0. The van der Waals surface area contributed by atoms with Crippen LogP contribution in [0.2, 0.25) is 5.02 Å². The lowest BCUT2D eigenvalue weighted by atomic mass is 10.1. The summed E-state index contributed by atoms with van der Waals surface area (Å²) in [5, 5.41) is 0.673. The summed E-state index contributed by atoms with van der Waals surface area (Å²) in [7, 11) is 2.68. The van der Waals surface area contributed by atoms with Crippen molar-refractivity contribution < 1.29 is 17.9 Å². The number of ether oxygens (including phenoxy) is 2. The molecule has 170 valence electrons. The number of benzene rings is 2. The molecule has 1 aromatic heterocycles. The maximum atomic E-state index is 13.1. The number of nitrogens with zero attached hydrogens (tertiary/aromatic N) is 3. The summed E-state index contributed by atoms with van der Waals surface area (Å²) in [5.41, 5.74) is 1.60. The van der Waals surface area contributed by atoms with Gasteiger partial charge < -0.3 is 14.4 Å². The molecule has 32 heavy (non-hydrogen) atoms. The molecule has 0 saturated heterocycles. The molecule has 0 amide bonds. The zero-order valence-electron chi connectivity index (χ0n) is 18.4. The van der Waals surface area contributed by atoms with Crippen molar-refractivity contribution in [1.29, 1.82) is 0 Å². The summed E-state index contributed by atoms with van der Waals surface area (Å²) in [6.45, 7) is 0.635. The van der Waals surface area contributed by atoms with Gasteiger partial charge in [-0.15, -0.1) is 0 Å². The normalized spacial score (nSPS) is 11.4. The minimum atomic E-state index is -3.78. The molecule has 7 nitrogen and oxygen atoms in total. The van der Waals surface area contributed by atoms with Crippen LogP contribution in [-0.4, -0.2) is 46.0 Å². The lowest BCUT2D eigenvalue weighted by Gasteiger charge is -2.21. The van der Waals surface area contributed by atoms with Crippen LogP contribution in [-0.2, 0) is 23.1 Å². The average Bonchev–Trinajstić information content (AvgIpc) is 2.80. The van der Waals surface area contributed by atoms with Crippen LogP contribution in [0.25, 0.3) is 0 Å². The summed E-state index contributed by atoms with van der Waals surface area (Å²) in [6, 6.07) is 16.1. The molecule has 3 rings (SSSR count). The number of rotatable bonds is 9. The molecule has 0 spiro atoms. The van der Waals surface area contributed by atoms with Gasteiger partial charge in [0.25, 0.3) is 0 Å². The second-order valence-corrected chi connectivity index (χ2v) is 9.65. The van der Waals surface area contributed by atoms with Crippen LogP contribution in [0.3, 0.4) is 0 Å². The van der Waals surface area contributed by atoms with Crippen LogP contribution >= 0.6 is 11.6 Å². The quantitative estimate of drug-likeness (QED) is 0.461. The highest BCUT2D eigenvalue weighted by molar-refractivity contribution is 7.89. The second-order valence-electron chi connectivity index (χ2n) is 7.20. The van der Waals surface area contributed by atoms with E-state index in [2.05, 4.69) is 4.98 Å². The van der Waals surface area contributed by atoms with E-state index in [1.54, 1.807) is 30.3 Å². The van der Waals surface area contributed by atoms with Gasteiger partial charge in [-0.1, -0.05) is 35.9 Å². The van der Waals surface area contributed by atoms with Gasteiger partial charge in [0.05, 0.1) is 19.8 Å². The van der Waals surface area contributed by atoms with Gasteiger partial charge in [-0.2, -0.15) is 4.31 Å². The highest BCUT2D eigenvalue weighted by Gasteiger charge is 2.24. The van der Waals surface area contributed by atoms with Crippen molar-refractivity contribution >= 4 is 27.4 Å². The van der Waals surface area contributed by atoms with Gasteiger partial charge in [0.1, 0.15) is 22.2 Å². The first-order valence-corrected chi connectivity index (χ1v) is 11.7. The van der Waals surface area contributed by atoms with Crippen LogP contribution in [0.5, 0.6) is 11.5 Å². The van der Waals surface area contributed by atoms with Gasteiger partial charge in [-0.05, 0) is 35.9 Å². The molecular weight excluding hydrogens is 450 g/mol. The van der Waals surface area contributed by atoms with Crippen molar-refractivity contribution in [1.82, 2.24) is 9.29 Å². The van der Waals surface area contributed by atoms with Crippen molar-refractivity contribution in [2.75, 3.05) is 33.2 Å². The highest BCUT2D eigenvalue weighted by atomic mass is 35.5. The Kier molecular flexibility index (Phi) is 7.60. The monoisotopic (exact) mass is 475 g/mol. The van der Waals surface area contributed by atoms with Crippen LogP contribution < -0.4 is 14.4 Å². The number of halogens is 1. The Labute approximate surface area is 194 Å². The van der Waals surface area contributed by atoms with Crippen LogP contribution in [0.1, 0.15) is 11.1 Å². The van der Waals surface area contributed by atoms with E-state index < -0.39 is 10.0 Å². The Bertz CT molecular complexity index is 1150. The number of methoxy groups -OCH3 is 2. The van der Waals surface area contributed by atoms with Gasteiger partial charge >= 0.3 is 0 Å². The lowest BCUT2D eigenvalue weighted by Crippen LogP contribution is -2.27. The average molecular weight is 476 g/mol. The summed E-state index contributed by atoms with van der Waals surface area (Å²) in [5.74, 6) is 1.75. The van der Waals surface area contributed by atoms with Gasteiger partial charge in [0.2, 0.25) is 10.0 Å². The van der Waals surface area contributed by atoms with Crippen molar-refractivity contribution in [2.45, 2.75) is 18.0 Å². The van der Waals surface area contributed by atoms with E-state index in [4.69, 9.17) is 21.1 Å². The summed E-state index contributed by atoms with van der Waals surface area (Å²) in [4.78, 5) is 6.36. The van der Waals surface area contributed by atoms with Gasteiger partial charge in [-0.25, -0.2) is 13.4 Å². The standard InChI is InChI=1S/C23H26ClN3O4S/c1-26(15-17-8-5-6-9-20(17)24)23-13-12-18(14-25-23)32(28,29)27(2)16-19-21(30-3)10-7-11-22(19)31-4/h5-14H,15-16H2,1-4H3. The molecule has 0 radical (unpaired) electrons. The van der Waals surface area contributed by atoms with E-state index in [9.17, 15) is 8.42 Å². The predicted molar refractivity (Wildman–Crippen MR) is 126 cm³/mol. The molecule has 3 aromatic rings. The predicted octanol–water partition coefficient (Wildman–Crippen LogP) is 4.21. The van der Waals surface area contributed by atoms with E-state index in [0.717, 1.165) is 5.56 Å². The number of anilines is 1. The first-order valence-electron chi connectivity index (χ1n) is 9.84. The minimum Gasteiger partial charge on any atom is -0.496 e. The van der Waals surface area contributed by atoms with Crippen molar-refractivity contribution in [3.8, 4) is 11.5 Å². The third-order valence-electron chi connectivity index (χ3n) is 5.10. The Balaban J connectivity index is 1.78. The fraction of sp³-hybridized carbons (Fsp3) is 0.261. The largest absolute Gasteiger partial charge is 0.496 e. The number of hydrogen-bond acceptors (Lipinski definition) is 6. The van der Waals surface area contributed by atoms with E-state index in [1.165, 1.54) is 31.8 Å². The van der Waals surface area contributed by atoms with Gasteiger partial charge in [-0.3, -0.25) is 0 Å². The third-order valence-corrected chi connectivity index (χ3v) is 7.25. The Morgan fingerprint density at radius 3 is 2.12 bits per heavy atom. The molecule has 0 unspecified atom stereocenters. The van der Waals surface area contributed by atoms with Crippen LogP contribution in [0.15, 0.2) is 65.7 Å². The van der Waals surface area contributed by atoms with Gasteiger partial charge in [0, 0.05) is 38.4 Å². The molecule has 2 aromatic carbocycles. The van der Waals surface area contributed by atoms with Gasteiger partial charge in [0.15, 0.2) is 0 Å². The molecule has 0 N–H and O–H groups in total. The van der Waals surface area contributed by atoms with E-state index in [1.807, 2.05) is 36.2 Å². The maximum Gasteiger partial charge on any atom is 0.244 e. The molecule has 0 aliphatic carbocycles. The minimum absolute atomic E-state index is 0.0870. The molecular formula is C23H26ClN3O4S. The van der Waals surface area contributed by atoms with E-state index in [-0.39, 0.29) is 11.4 Å². The second kappa shape index (κ2) is 10.2. The molecule has 0 aliphatic heterocycles. The zero-order chi connectivity index (χ0) is 23.3. The topological polar surface area (TPSA) is 72.0 Å². The van der Waals surface area contributed by atoms with Crippen molar-refractivity contribution in [3.63, 3.8) is 0 Å². The number of pyridine rings is 1. The number of sulfonamides is 1. The molecule has 0 fully saturated rings. The van der Waals surface area contributed by atoms with E-state index >= 15 is 0 Å². The summed E-state index contributed by atoms with van der Waals surface area (Å²) in [6.07, 6.45) is 1.36. The number of aromatic nitrogens is 1. The Morgan fingerprint density at radius 2 is 1.56 bits per heavy atom.